The summed E-state index contributed by atoms with van der Waals surface area (Å²) >= 11 is 6.53. The first kappa shape index (κ1) is 23.4. The van der Waals surface area contributed by atoms with Gasteiger partial charge in [0.2, 0.25) is 0 Å². The van der Waals surface area contributed by atoms with E-state index in [1.54, 1.807) is 0 Å². The van der Waals surface area contributed by atoms with E-state index in [-0.39, 0.29) is 5.91 Å². The molecule has 0 aliphatic rings. The third-order valence-corrected chi connectivity index (χ3v) is 6.04. The monoisotopic (exact) mass is 498 g/mol. The van der Waals surface area contributed by atoms with Crippen molar-refractivity contribution in [1.82, 2.24) is 30.6 Å². The molecule has 180 valence electrons. The first-order valence-corrected chi connectivity index (χ1v) is 11.7. The maximum atomic E-state index is 12.8. The molecule has 5 rings (SSSR count). The molecule has 36 heavy (non-hydrogen) atoms. The Balaban J connectivity index is 1.30. The van der Waals surface area contributed by atoms with E-state index >= 15 is 0 Å². The predicted molar refractivity (Wildman–Crippen MR) is 140 cm³/mol. The number of hydrogen-bond acceptors (Lipinski definition) is 7. The highest BCUT2D eigenvalue weighted by Crippen LogP contribution is 2.26. The highest BCUT2D eigenvalue weighted by molar-refractivity contribution is 6.30. The second-order valence-corrected chi connectivity index (χ2v) is 8.90. The Kier molecular flexibility index (Phi) is 6.55. The number of aromatic nitrogens is 6. The molecule has 1 amide bonds. The van der Waals surface area contributed by atoms with Crippen molar-refractivity contribution in [2.24, 2.45) is 0 Å². The van der Waals surface area contributed by atoms with Crippen molar-refractivity contribution >= 4 is 39.8 Å². The minimum atomic E-state index is -0.156. The van der Waals surface area contributed by atoms with Crippen LogP contribution in [0, 0.1) is 0 Å². The number of rotatable bonds is 7. The number of hydrogen-bond donors (Lipinski definition) is 2. The Labute approximate surface area is 212 Å². The van der Waals surface area contributed by atoms with E-state index in [0.717, 1.165) is 21.9 Å². The van der Waals surface area contributed by atoms with Gasteiger partial charge in [-0.1, -0.05) is 54.1 Å². The number of benzene rings is 3. The second-order valence-electron chi connectivity index (χ2n) is 8.54. The van der Waals surface area contributed by atoms with Crippen LogP contribution in [0.4, 0.5) is 11.5 Å². The number of nitrogens with zero attached hydrogens (tertiary/aromatic N) is 6. The number of carbonyl (C=O) groups excluding carboxylic acids is 1. The molecule has 0 saturated heterocycles. The van der Waals surface area contributed by atoms with Crippen molar-refractivity contribution in [1.29, 1.82) is 0 Å². The molecule has 0 bridgehead atoms. The smallest absolute Gasteiger partial charge is 0.255 e. The Morgan fingerprint density at radius 2 is 1.75 bits per heavy atom. The van der Waals surface area contributed by atoms with Gasteiger partial charge < -0.3 is 10.2 Å². The van der Waals surface area contributed by atoms with Crippen LogP contribution in [0.3, 0.4) is 0 Å². The minimum Gasteiger partial charge on any atom is -0.362 e. The first-order chi connectivity index (χ1) is 17.5. The highest BCUT2D eigenvalue weighted by Gasteiger charge is 2.17. The van der Waals surface area contributed by atoms with Crippen molar-refractivity contribution in [2.75, 3.05) is 24.3 Å². The zero-order valence-electron chi connectivity index (χ0n) is 19.7. The fourth-order valence-corrected chi connectivity index (χ4v) is 4.18. The standard InChI is InChI=1S/C26H23ClN8O/c1-35(2)25-21(15-23-31-33-34-32-23)24(27)29-22(30-25)13-16-7-11-20(12-8-16)28-26(36)19-10-9-17-5-3-4-6-18(17)14-19/h3-12,14H,13,15H2,1-2H3,(H,28,36)(H,31,32,33,34). The largest absolute Gasteiger partial charge is 0.362 e. The van der Waals surface area contributed by atoms with Crippen LogP contribution in [0.15, 0.2) is 66.7 Å². The summed E-state index contributed by atoms with van der Waals surface area (Å²) in [7, 11) is 3.80. The molecule has 0 spiro atoms. The SMILES string of the molecule is CN(C)c1nc(Cc2ccc(NC(=O)c3ccc4ccccc4c3)cc2)nc(Cl)c1Cc1nnn[nH]1. The molecule has 0 radical (unpaired) electrons. The van der Waals surface area contributed by atoms with E-state index in [1.807, 2.05) is 85.7 Å². The van der Waals surface area contributed by atoms with Gasteiger partial charge in [0.05, 0.1) is 0 Å². The minimum absolute atomic E-state index is 0.156. The van der Waals surface area contributed by atoms with Gasteiger partial charge in [-0.3, -0.25) is 4.79 Å². The second kappa shape index (κ2) is 10.1. The van der Waals surface area contributed by atoms with E-state index in [2.05, 4.69) is 30.9 Å². The molecule has 2 aromatic heterocycles. The zero-order chi connectivity index (χ0) is 25.1. The quantitative estimate of drug-likeness (QED) is 0.322. The van der Waals surface area contributed by atoms with Crippen LogP contribution in [0.1, 0.15) is 33.1 Å². The van der Waals surface area contributed by atoms with Crippen molar-refractivity contribution in [3.8, 4) is 0 Å². The zero-order valence-corrected chi connectivity index (χ0v) is 20.5. The summed E-state index contributed by atoms with van der Waals surface area (Å²) in [5.41, 5.74) is 3.06. The molecule has 5 aromatic rings. The average Bonchev–Trinajstić information content (AvgIpc) is 3.39. The number of aromatic amines is 1. The number of H-pyrrole nitrogens is 1. The number of carbonyl (C=O) groups is 1. The molecule has 3 aromatic carbocycles. The van der Waals surface area contributed by atoms with Crippen molar-refractivity contribution in [2.45, 2.75) is 12.8 Å². The summed E-state index contributed by atoms with van der Waals surface area (Å²) in [6, 6.07) is 21.3. The molecule has 0 aliphatic carbocycles. The topological polar surface area (TPSA) is 113 Å². The fourth-order valence-electron chi connectivity index (χ4n) is 3.93. The van der Waals surface area contributed by atoms with E-state index in [0.29, 0.717) is 46.7 Å². The van der Waals surface area contributed by atoms with Gasteiger partial charge in [0, 0.05) is 43.8 Å². The lowest BCUT2D eigenvalue weighted by Gasteiger charge is -2.17. The molecule has 0 aliphatic heterocycles. The molecule has 2 heterocycles. The lowest BCUT2D eigenvalue weighted by atomic mass is 10.1. The third-order valence-electron chi connectivity index (χ3n) is 5.72. The van der Waals surface area contributed by atoms with E-state index in [1.165, 1.54) is 0 Å². The highest BCUT2D eigenvalue weighted by atomic mass is 35.5. The molecular formula is C26H23ClN8O. The molecule has 0 atom stereocenters. The molecule has 0 unspecified atom stereocenters. The average molecular weight is 499 g/mol. The Morgan fingerprint density at radius 1 is 0.972 bits per heavy atom. The van der Waals surface area contributed by atoms with E-state index in [9.17, 15) is 4.79 Å². The normalized spacial score (nSPS) is 11.0. The summed E-state index contributed by atoms with van der Waals surface area (Å²) in [5, 5.41) is 19.3. The van der Waals surface area contributed by atoms with Crippen LogP contribution in [0.2, 0.25) is 5.15 Å². The lowest BCUT2D eigenvalue weighted by Crippen LogP contribution is -2.16. The molecule has 2 N–H and O–H groups in total. The molecule has 0 saturated carbocycles. The van der Waals surface area contributed by atoms with Gasteiger partial charge >= 0.3 is 0 Å². The van der Waals surface area contributed by atoms with Crippen LogP contribution >= 0.6 is 11.6 Å². The molecule has 10 heteroatoms. The third kappa shape index (κ3) is 5.16. The number of fused-ring (bicyclic) bond motifs is 1. The number of amides is 1. The van der Waals surface area contributed by atoms with Gasteiger partial charge in [-0.2, -0.15) is 0 Å². The predicted octanol–water partition coefficient (Wildman–Crippen LogP) is 4.30. The number of tetrazole rings is 1. The van der Waals surface area contributed by atoms with Crippen LogP contribution in [0.5, 0.6) is 0 Å². The maximum absolute atomic E-state index is 12.8. The van der Waals surface area contributed by atoms with Crippen LogP contribution in [-0.4, -0.2) is 50.6 Å². The van der Waals surface area contributed by atoms with Gasteiger partial charge in [-0.15, -0.1) is 5.10 Å². The summed E-state index contributed by atoms with van der Waals surface area (Å²) in [5.74, 6) is 1.73. The van der Waals surface area contributed by atoms with Crippen LogP contribution in [0.25, 0.3) is 10.8 Å². The Hall–Kier alpha value is -4.37. The van der Waals surface area contributed by atoms with Crippen molar-refractivity contribution in [3.63, 3.8) is 0 Å². The van der Waals surface area contributed by atoms with Gasteiger partial charge in [0.25, 0.3) is 5.91 Å². The van der Waals surface area contributed by atoms with Gasteiger partial charge in [0.15, 0.2) is 5.82 Å². The number of halogens is 1. The fraction of sp³-hybridized carbons (Fsp3) is 0.154. The van der Waals surface area contributed by atoms with Crippen molar-refractivity contribution < 1.29 is 4.79 Å². The van der Waals surface area contributed by atoms with Gasteiger partial charge in [-0.25, -0.2) is 15.1 Å². The number of nitrogens with one attached hydrogen (secondary N) is 2. The molecule has 0 fully saturated rings. The van der Waals surface area contributed by atoms with Gasteiger partial charge in [-0.05, 0) is 51.0 Å². The Bertz CT molecular complexity index is 1520. The molecular weight excluding hydrogens is 476 g/mol. The lowest BCUT2D eigenvalue weighted by molar-refractivity contribution is 0.102. The Morgan fingerprint density at radius 3 is 2.47 bits per heavy atom. The van der Waals surface area contributed by atoms with Crippen LogP contribution in [-0.2, 0) is 12.8 Å². The number of anilines is 2. The summed E-state index contributed by atoms with van der Waals surface area (Å²) in [6.45, 7) is 0. The maximum Gasteiger partial charge on any atom is 0.255 e. The summed E-state index contributed by atoms with van der Waals surface area (Å²) in [4.78, 5) is 23.9. The van der Waals surface area contributed by atoms with E-state index < -0.39 is 0 Å². The van der Waals surface area contributed by atoms with Crippen LogP contribution < -0.4 is 10.2 Å². The van der Waals surface area contributed by atoms with E-state index in [4.69, 9.17) is 16.6 Å². The molecule has 9 nitrogen and oxygen atoms in total. The van der Waals surface area contributed by atoms with Gasteiger partial charge in [0.1, 0.15) is 16.8 Å². The summed E-state index contributed by atoms with van der Waals surface area (Å²) in [6.07, 6.45) is 0.884. The first-order valence-electron chi connectivity index (χ1n) is 11.3. The summed E-state index contributed by atoms with van der Waals surface area (Å²) < 4.78 is 0. The van der Waals surface area contributed by atoms with Crippen molar-refractivity contribution in [3.05, 3.63) is 100 Å².